The van der Waals surface area contributed by atoms with Crippen molar-refractivity contribution in [2.45, 2.75) is 39.7 Å². The van der Waals surface area contributed by atoms with Crippen molar-refractivity contribution < 1.29 is 4.52 Å². The van der Waals surface area contributed by atoms with E-state index in [2.05, 4.69) is 27.3 Å². The Bertz CT molecular complexity index is 350. The highest BCUT2D eigenvalue weighted by molar-refractivity contribution is 5.85. The second kappa shape index (κ2) is 8.51. The molecule has 0 aromatic carbocycles. The van der Waals surface area contributed by atoms with Crippen LogP contribution < -0.4 is 5.32 Å². The van der Waals surface area contributed by atoms with Crippen molar-refractivity contribution in [1.29, 1.82) is 0 Å². The molecule has 1 aliphatic heterocycles. The number of nitrogens with one attached hydrogen (secondary N) is 1. The molecule has 1 fully saturated rings. The first-order valence-corrected chi connectivity index (χ1v) is 7.06. The van der Waals surface area contributed by atoms with Gasteiger partial charge in [-0.15, -0.1) is 12.4 Å². The second-order valence-electron chi connectivity index (χ2n) is 4.99. The first-order valence-electron chi connectivity index (χ1n) is 7.06. The van der Waals surface area contributed by atoms with E-state index in [4.69, 9.17) is 4.52 Å². The average Bonchev–Trinajstić information content (AvgIpc) is 2.86. The van der Waals surface area contributed by atoms with E-state index in [-0.39, 0.29) is 12.4 Å². The van der Waals surface area contributed by atoms with Crippen LogP contribution in [0, 0.1) is 5.92 Å². The molecule has 1 aliphatic rings. The molecule has 5 nitrogen and oxygen atoms in total. The van der Waals surface area contributed by atoms with Gasteiger partial charge in [-0.1, -0.05) is 19.0 Å². The van der Waals surface area contributed by atoms with Crippen LogP contribution >= 0.6 is 12.4 Å². The summed E-state index contributed by atoms with van der Waals surface area (Å²) in [6, 6.07) is 0. The first-order chi connectivity index (χ1) is 8.81. The molecule has 1 saturated heterocycles. The van der Waals surface area contributed by atoms with E-state index in [9.17, 15) is 0 Å². The van der Waals surface area contributed by atoms with Gasteiger partial charge in [0.1, 0.15) is 0 Å². The number of rotatable bonds is 6. The van der Waals surface area contributed by atoms with Crippen LogP contribution in [0.2, 0.25) is 0 Å². The van der Waals surface area contributed by atoms with Crippen LogP contribution in [-0.4, -0.2) is 41.2 Å². The van der Waals surface area contributed by atoms with Gasteiger partial charge in [-0.25, -0.2) is 0 Å². The molecule has 1 N–H and O–H groups in total. The van der Waals surface area contributed by atoms with Crippen LogP contribution in [0.4, 0.5) is 0 Å². The van der Waals surface area contributed by atoms with E-state index in [1.807, 2.05) is 6.92 Å². The molecule has 2 rings (SSSR count). The van der Waals surface area contributed by atoms with E-state index in [0.717, 1.165) is 56.8 Å². The summed E-state index contributed by atoms with van der Waals surface area (Å²) in [5.41, 5.74) is 0. The molecule has 6 heteroatoms. The first kappa shape index (κ1) is 16.4. The Kier molecular flexibility index (Phi) is 7.34. The van der Waals surface area contributed by atoms with Gasteiger partial charge in [0.2, 0.25) is 5.89 Å². The number of aryl methyl sites for hydroxylation is 1. The summed E-state index contributed by atoms with van der Waals surface area (Å²) in [5, 5.41) is 7.44. The monoisotopic (exact) mass is 288 g/mol. The third-order valence-electron chi connectivity index (χ3n) is 3.57. The van der Waals surface area contributed by atoms with E-state index >= 15 is 0 Å². The highest BCUT2D eigenvalue weighted by Crippen LogP contribution is 2.17. The summed E-state index contributed by atoms with van der Waals surface area (Å²) in [6.45, 7) is 9.55. The number of hydrogen-bond acceptors (Lipinski definition) is 5. The lowest BCUT2D eigenvalue weighted by Gasteiger charge is -2.31. The standard InChI is InChI=1S/C13H24N4O.ClH/c1-3-13-15-12(16-18-13)10-17-7-5-11(6-8-17)9-14-4-2;/h11,14H,3-10H2,1-2H3;1H. The molecular formula is C13H25ClN4O. The number of aromatic nitrogens is 2. The lowest BCUT2D eigenvalue weighted by atomic mass is 9.97. The minimum atomic E-state index is 0. The molecule has 0 unspecified atom stereocenters. The molecule has 1 aromatic rings. The largest absolute Gasteiger partial charge is 0.339 e. The number of halogens is 1. The Morgan fingerprint density at radius 2 is 2.05 bits per heavy atom. The van der Waals surface area contributed by atoms with Gasteiger partial charge in [-0.3, -0.25) is 4.90 Å². The molecular weight excluding hydrogens is 264 g/mol. The summed E-state index contributed by atoms with van der Waals surface area (Å²) >= 11 is 0. The SMILES string of the molecule is CCNCC1CCN(Cc2noc(CC)n2)CC1.Cl. The van der Waals surface area contributed by atoms with Gasteiger partial charge >= 0.3 is 0 Å². The minimum Gasteiger partial charge on any atom is -0.339 e. The average molecular weight is 289 g/mol. The van der Waals surface area contributed by atoms with E-state index in [0.29, 0.717) is 0 Å². The van der Waals surface area contributed by atoms with Crippen LogP contribution in [0.3, 0.4) is 0 Å². The van der Waals surface area contributed by atoms with Crippen molar-refractivity contribution in [3.63, 3.8) is 0 Å². The van der Waals surface area contributed by atoms with E-state index in [1.165, 1.54) is 12.8 Å². The third-order valence-corrected chi connectivity index (χ3v) is 3.57. The van der Waals surface area contributed by atoms with E-state index in [1.54, 1.807) is 0 Å². The van der Waals surface area contributed by atoms with Gasteiger partial charge < -0.3 is 9.84 Å². The Morgan fingerprint density at radius 3 is 2.63 bits per heavy atom. The molecule has 1 aromatic heterocycles. The lowest BCUT2D eigenvalue weighted by molar-refractivity contribution is 0.170. The fourth-order valence-electron chi connectivity index (χ4n) is 2.40. The summed E-state index contributed by atoms with van der Waals surface area (Å²) in [4.78, 5) is 6.78. The third kappa shape index (κ3) is 5.09. The normalized spacial score (nSPS) is 17.4. The van der Waals surface area contributed by atoms with Crippen molar-refractivity contribution in [1.82, 2.24) is 20.4 Å². The number of piperidine rings is 1. The predicted octanol–water partition coefficient (Wildman–Crippen LogP) is 1.88. The summed E-state index contributed by atoms with van der Waals surface area (Å²) in [7, 11) is 0. The topological polar surface area (TPSA) is 54.2 Å². The summed E-state index contributed by atoms with van der Waals surface area (Å²) in [6.07, 6.45) is 3.36. The molecule has 0 atom stereocenters. The molecule has 0 radical (unpaired) electrons. The molecule has 0 saturated carbocycles. The van der Waals surface area contributed by atoms with Crippen molar-refractivity contribution in [2.24, 2.45) is 5.92 Å². The fraction of sp³-hybridized carbons (Fsp3) is 0.846. The second-order valence-corrected chi connectivity index (χ2v) is 4.99. The summed E-state index contributed by atoms with van der Waals surface area (Å²) in [5.74, 6) is 2.40. The van der Waals surface area contributed by atoms with Gasteiger partial charge in [-0.2, -0.15) is 4.98 Å². The Hall–Kier alpha value is -0.650. The maximum absolute atomic E-state index is 5.13. The van der Waals surface area contributed by atoms with Gasteiger partial charge in [-0.05, 0) is 44.9 Å². The lowest BCUT2D eigenvalue weighted by Crippen LogP contribution is -2.37. The fourth-order valence-corrected chi connectivity index (χ4v) is 2.40. The molecule has 0 spiro atoms. The maximum atomic E-state index is 5.13. The van der Waals surface area contributed by atoms with Crippen molar-refractivity contribution in [2.75, 3.05) is 26.2 Å². The van der Waals surface area contributed by atoms with Crippen molar-refractivity contribution in [3.8, 4) is 0 Å². The van der Waals surface area contributed by atoms with Crippen molar-refractivity contribution in [3.05, 3.63) is 11.7 Å². The zero-order valence-corrected chi connectivity index (χ0v) is 12.7. The zero-order chi connectivity index (χ0) is 12.8. The van der Waals surface area contributed by atoms with Crippen LogP contribution in [0.15, 0.2) is 4.52 Å². The Labute approximate surface area is 121 Å². The Morgan fingerprint density at radius 1 is 1.32 bits per heavy atom. The van der Waals surface area contributed by atoms with Crippen LogP contribution in [0.25, 0.3) is 0 Å². The molecule has 0 bridgehead atoms. The Balaban J connectivity index is 0.00000180. The van der Waals surface area contributed by atoms with Gasteiger partial charge in [0.25, 0.3) is 0 Å². The smallest absolute Gasteiger partial charge is 0.226 e. The summed E-state index contributed by atoms with van der Waals surface area (Å²) < 4.78 is 5.13. The predicted molar refractivity (Wildman–Crippen MR) is 77.5 cm³/mol. The molecule has 0 aliphatic carbocycles. The van der Waals surface area contributed by atoms with Crippen molar-refractivity contribution >= 4 is 12.4 Å². The van der Waals surface area contributed by atoms with Crippen LogP contribution in [0.5, 0.6) is 0 Å². The molecule has 110 valence electrons. The highest BCUT2D eigenvalue weighted by Gasteiger charge is 2.20. The molecule has 19 heavy (non-hydrogen) atoms. The van der Waals surface area contributed by atoms with E-state index < -0.39 is 0 Å². The highest BCUT2D eigenvalue weighted by atomic mass is 35.5. The minimum absolute atomic E-state index is 0. The van der Waals surface area contributed by atoms with Crippen LogP contribution in [0.1, 0.15) is 38.4 Å². The molecule has 0 amide bonds. The molecule has 2 heterocycles. The zero-order valence-electron chi connectivity index (χ0n) is 11.9. The van der Waals surface area contributed by atoms with Gasteiger partial charge in [0.05, 0.1) is 6.54 Å². The quantitative estimate of drug-likeness (QED) is 0.866. The number of likely N-dealkylation sites (tertiary alicyclic amines) is 1. The van der Waals surface area contributed by atoms with Crippen LogP contribution in [-0.2, 0) is 13.0 Å². The number of nitrogens with zero attached hydrogens (tertiary/aromatic N) is 3. The van der Waals surface area contributed by atoms with Gasteiger partial charge in [0.15, 0.2) is 5.82 Å². The number of hydrogen-bond donors (Lipinski definition) is 1. The van der Waals surface area contributed by atoms with Gasteiger partial charge in [0, 0.05) is 6.42 Å². The maximum Gasteiger partial charge on any atom is 0.226 e.